The van der Waals surface area contributed by atoms with Crippen LogP contribution in [0.15, 0.2) is 48.9 Å². The number of nitrogens with zero attached hydrogens (tertiary/aromatic N) is 3. The summed E-state index contributed by atoms with van der Waals surface area (Å²) in [4.78, 5) is 19.0. The van der Waals surface area contributed by atoms with Crippen molar-refractivity contribution in [3.63, 3.8) is 0 Å². The molecule has 0 aliphatic heterocycles. The fraction of sp³-hybridized carbons (Fsp3) is 0.417. The van der Waals surface area contributed by atoms with Gasteiger partial charge in [0.05, 0.1) is 12.1 Å². The van der Waals surface area contributed by atoms with Gasteiger partial charge in [-0.25, -0.2) is 9.78 Å². The number of fused-ring (bicyclic) bond motifs is 1. The third-order valence-electron chi connectivity index (χ3n) is 5.48. The van der Waals surface area contributed by atoms with E-state index in [4.69, 9.17) is 21.1 Å². The first-order valence-electron chi connectivity index (χ1n) is 10.8. The van der Waals surface area contributed by atoms with Crippen molar-refractivity contribution in [2.45, 2.75) is 64.1 Å². The number of amides is 1. The highest BCUT2D eigenvalue weighted by atomic mass is 35.5. The van der Waals surface area contributed by atoms with Gasteiger partial charge in [0.1, 0.15) is 23.1 Å². The van der Waals surface area contributed by atoms with Crippen molar-refractivity contribution in [3.8, 4) is 5.75 Å². The molecular weight excluding hydrogens is 471 g/mol. The second-order valence-electron chi connectivity index (χ2n) is 9.34. The van der Waals surface area contributed by atoms with Gasteiger partial charge in [-0.05, 0) is 45.0 Å². The molecule has 34 heavy (non-hydrogen) atoms. The molecule has 0 bridgehead atoms. The van der Waals surface area contributed by atoms with Crippen molar-refractivity contribution in [2.24, 2.45) is 0 Å². The zero-order chi connectivity index (χ0) is 24.7. The summed E-state index contributed by atoms with van der Waals surface area (Å²) >= 11 is 5.85. The molecule has 3 aromatic rings. The van der Waals surface area contributed by atoms with E-state index in [2.05, 4.69) is 4.98 Å². The van der Waals surface area contributed by atoms with Gasteiger partial charge in [0.25, 0.3) is 0 Å². The molecule has 1 aromatic carbocycles. The van der Waals surface area contributed by atoms with E-state index < -0.39 is 23.4 Å². The van der Waals surface area contributed by atoms with Crippen LogP contribution in [0.3, 0.4) is 0 Å². The first-order valence-corrected chi connectivity index (χ1v) is 11.2. The Kier molecular flexibility index (Phi) is 6.42. The minimum absolute atomic E-state index is 0.0502. The van der Waals surface area contributed by atoms with Crippen LogP contribution >= 0.6 is 11.6 Å². The smallest absolute Gasteiger partial charge is 0.416 e. The van der Waals surface area contributed by atoms with Crippen LogP contribution in [0.25, 0.3) is 5.65 Å². The van der Waals surface area contributed by atoms with Crippen LogP contribution in [-0.4, -0.2) is 38.1 Å². The van der Waals surface area contributed by atoms with Crippen LogP contribution in [0.5, 0.6) is 5.75 Å². The molecule has 1 aliphatic rings. The number of carbonyl (C=O) groups excluding carboxylic acids is 1. The third-order valence-corrected chi connectivity index (χ3v) is 5.70. The van der Waals surface area contributed by atoms with Gasteiger partial charge in [-0.2, -0.15) is 13.2 Å². The maximum atomic E-state index is 13.1. The SMILES string of the molecule is CC(C)(C)OC(=O)N(Cc1cccn2ccnc12)C1CC(Oc2cc(Cl)cc(C(F)(F)F)c2)C1. The summed E-state index contributed by atoms with van der Waals surface area (Å²) in [6, 6.07) is 6.73. The minimum atomic E-state index is -4.52. The molecule has 0 saturated heterocycles. The van der Waals surface area contributed by atoms with Crippen molar-refractivity contribution >= 4 is 23.3 Å². The predicted octanol–water partition coefficient (Wildman–Crippen LogP) is 6.35. The van der Waals surface area contributed by atoms with Gasteiger partial charge in [-0.1, -0.05) is 17.7 Å². The van der Waals surface area contributed by atoms with E-state index in [1.807, 2.05) is 28.9 Å². The monoisotopic (exact) mass is 495 g/mol. The number of halogens is 4. The molecule has 0 radical (unpaired) electrons. The highest BCUT2D eigenvalue weighted by Gasteiger charge is 2.40. The second-order valence-corrected chi connectivity index (χ2v) is 9.77. The van der Waals surface area contributed by atoms with E-state index >= 15 is 0 Å². The molecule has 10 heteroatoms. The summed E-state index contributed by atoms with van der Waals surface area (Å²) in [6.07, 6.45) is 0.941. The van der Waals surface area contributed by atoms with Crippen LogP contribution in [0.2, 0.25) is 5.02 Å². The molecule has 4 rings (SSSR count). The Morgan fingerprint density at radius 1 is 1.21 bits per heavy atom. The van der Waals surface area contributed by atoms with Crippen LogP contribution in [0.4, 0.5) is 18.0 Å². The number of benzene rings is 1. The van der Waals surface area contributed by atoms with Crippen molar-refractivity contribution in [1.29, 1.82) is 0 Å². The summed E-state index contributed by atoms with van der Waals surface area (Å²) in [5, 5.41) is -0.0520. The van der Waals surface area contributed by atoms with E-state index in [0.29, 0.717) is 12.8 Å². The third kappa shape index (κ3) is 5.58. The Bertz CT molecular complexity index is 1180. The molecule has 182 valence electrons. The average Bonchev–Trinajstić information content (AvgIpc) is 3.16. The lowest BCUT2D eigenvalue weighted by molar-refractivity contribution is -0.137. The first-order chi connectivity index (χ1) is 15.9. The van der Waals surface area contributed by atoms with Crippen LogP contribution in [0, 0.1) is 0 Å². The molecule has 2 aromatic heterocycles. The van der Waals surface area contributed by atoms with Gasteiger partial charge < -0.3 is 18.8 Å². The fourth-order valence-corrected chi connectivity index (χ4v) is 4.08. The Hall–Kier alpha value is -2.94. The number of aromatic nitrogens is 2. The molecule has 0 spiro atoms. The van der Waals surface area contributed by atoms with E-state index in [9.17, 15) is 18.0 Å². The number of imidazole rings is 1. The lowest BCUT2D eigenvalue weighted by atomic mass is 9.87. The second kappa shape index (κ2) is 9.02. The molecule has 1 fully saturated rings. The minimum Gasteiger partial charge on any atom is -0.490 e. The number of rotatable bonds is 5. The number of hydrogen-bond donors (Lipinski definition) is 0. The number of pyridine rings is 1. The number of hydrogen-bond acceptors (Lipinski definition) is 4. The highest BCUT2D eigenvalue weighted by Crippen LogP contribution is 2.37. The van der Waals surface area contributed by atoms with E-state index in [1.54, 1.807) is 31.9 Å². The number of ether oxygens (including phenoxy) is 2. The maximum absolute atomic E-state index is 13.1. The molecular formula is C24H25ClF3N3O3. The van der Waals surface area contributed by atoms with Gasteiger partial charge in [-0.15, -0.1) is 0 Å². The molecule has 6 nitrogen and oxygen atoms in total. The summed E-state index contributed by atoms with van der Waals surface area (Å²) in [6.45, 7) is 5.66. The first kappa shape index (κ1) is 24.2. The topological polar surface area (TPSA) is 56.1 Å². The van der Waals surface area contributed by atoms with E-state index in [1.165, 1.54) is 6.07 Å². The maximum Gasteiger partial charge on any atom is 0.416 e. The summed E-state index contributed by atoms with van der Waals surface area (Å²) in [7, 11) is 0. The van der Waals surface area contributed by atoms with Crippen molar-refractivity contribution < 1.29 is 27.4 Å². The van der Waals surface area contributed by atoms with Crippen LogP contribution < -0.4 is 4.74 Å². The molecule has 1 amide bonds. The van der Waals surface area contributed by atoms with Gasteiger partial charge >= 0.3 is 12.3 Å². The van der Waals surface area contributed by atoms with Crippen LogP contribution in [0.1, 0.15) is 44.7 Å². The number of alkyl halides is 3. The molecule has 0 atom stereocenters. The predicted molar refractivity (Wildman–Crippen MR) is 121 cm³/mol. The standard InChI is InChI=1S/C24H25ClF3N3O3/c1-23(2,3)34-22(32)31(14-15-5-4-7-30-8-6-29-21(15)30)18-12-20(13-18)33-19-10-16(24(26,27)28)9-17(25)11-19/h4-11,18,20H,12-14H2,1-3H3. The number of carbonyl (C=O) groups is 1. The van der Waals surface area contributed by atoms with Crippen molar-refractivity contribution in [3.05, 3.63) is 65.1 Å². The van der Waals surface area contributed by atoms with Gasteiger partial charge in [-0.3, -0.25) is 0 Å². The van der Waals surface area contributed by atoms with Gasteiger partial charge in [0, 0.05) is 48.1 Å². The summed E-state index contributed by atoms with van der Waals surface area (Å²) in [5.41, 5.74) is 0.0477. The van der Waals surface area contributed by atoms with E-state index in [-0.39, 0.29) is 29.5 Å². The molecule has 1 aliphatic carbocycles. The molecule has 1 saturated carbocycles. The Morgan fingerprint density at radius 2 is 1.94 bits per heavy atom. The fourth-order valence-electron chi connectivity index (χ4n) is 3.85. The van der Waals surface area contributed by atoms with Gasteiger partial charge in [0.15, 0.2) is 0 Å². The normalized spacial score (nSPS) is 18.4. The Labute approximate surface area is 200 Å². The lowest BCUT2D eigenvalue weighted by Gasteiger charge is -2.42. The molecule has 2 heterocycles. The zero-order valence-corrected chi connectivity index (χ0v) is 19.7. The van der Waals surface area contributed by atoms with Crippen molar-refractivity contribution in [2.75, 3.05) is 0 Å². The van der Waals surface area contributed by atoms with Crippen molar-refractivity contribution in [1.82, 2.24) is 14.3 Å². The Morgan fingerprint density at radius 3 is 2.62 bits per heavy atom. The molecule has 0 unspecified atom stereocenters. The quantitative estimate of drug-likeness (QED) is 0.413. The zero-order valence-electron chi connectivity index (χ0n) is 19.0. The highest BCUT2D eigenvalue weighted by molar-refractivity contribution is 6.30. The van der Waals surface area contributed by atoms with Gasteiger partial charge in [0.2, 0.25) is 0 Å². The summed E-state index contributed by atoms with van der Waals surface area (Å²) in [5.74, 6) is 0.0502. The average molecular weight is 496 g/mol. The summed E-state index contributed by atoms with van der Waals surface area (Å²) < 4.78 is 52.5. The van der Waals surface area contributed by atoms with Crippen LogP contribution in [-0.2, 0) is 17.5 Å². The van der Waals surface area contributed by atoms with E-state index in [0.717, 1.165) is 23.3 Å². The largest absolute Gasteiger partial charge is 0.490 e. The Balaban J connectivity index is 1.49. The molecule has 0 N–H and O–H groups in total. The lowest BCUT2D eigenvalue weighted by Crippen LogP contribution is -2.52.